The van der Waals surface area contributed by atoms with Crippen LogP contribution in [0.2, 0.25) is 0 Å². The monoisotopic (exact) mass is 326 g/mol. The number of nitrogens with zero attached hydrogens (tertiary/aromatic N) is 1. The second-order valence-corrected chi connectivity index (χ2v) is 6.97. The van der Waals surface area contributed by atoms with Crippen LogP contribution in [0.5, 0.6) is 0 Å². The molecule has 0 fully saturated rings. The number of carbonyl (C=O) groups is 1. The zero-order valence-electron chi connectivity index (χ0n) is 13.8. The number of nitrogens with one attached hydrogen (secondary N) is 1. The van der Waals surface area contributed by atoms with Crippen LogP contribution in [0.25, 0.3) is 0 Å². The fourth-order valence-corrected chi connectivity index (χ4v) is 3.97. The lowest BCUT2D eigenvalue weighted by atomic mass is 10.1. The lowest BCUT2D eigenvalue weighted by Crippen LogP contribution is -2.29. The molecule has 1 heterocycles. The van der Waals surface area contributed by atoms with Crippen LogP contribution in [-0.2, 0) is 0 Å². The summed E-state index contributed by atoms with van der Waals surface area (Å²) >= 11 is 1.86. The molecule has 1 aliphatic heterocycles. The molecule has 3 rings (SSSR count). The first-order valence-corrected chi connectivity index (χ1v) is 8.98. The van der Waals surface area contributed by atoms with Crippen LogP contribution in [0.3, 0.4) is 0 Å². The highest BCUT2D eigenvalue weighted by molar-refractivity contribution is 7.99. The Bertz CT molecular complexity index is 722. The molecule has 1 amide bonds. The summed E-state index contributed by atoms with van der Waals surface area (Å²) in [5.41, 5.74) is 4.98. The van der Waals surface area contributed by atoms with Crippen molar-refractivity contribution in [2.45, 2.75) is 25.7 Å². The lowest BCUT2D eigenvalue weighted by molar-refractivity contribution is 0.102. The van der Waals surface area contributed by atoms with Crippen molar-refractivity contribution in [3.05, 3.63) is 53.1 Å². The zero-order valence-corrected chi connectivity index (χ0v) is 14.7. The molecule has 1 aliphatic rings. The Balaban J connectivity index is 1.89. The third-order valence-corrected chi connectivity index (χ3v) is 5.32. The average molecular weight is 326 g/mol. The molecule has 4 heteroatoms. The summed E-state index contributed by atoms with van der Waals surface area (Å²) in [6.07, 6.45) is 0. The van der Waals surface area contributed by atoms with Crippen molar-refractivity contribution in [2.75, 3.05) is 29.1 Å². The van der Waals surface area contributed by atoms with Crippen LogP contribution < -0.4 is 10.2 Å². The molecular weight excluding hydrogens is 304 g/mol. The molecule has 0 aromatic heterocycles. The number of aryl methyl sites for hydroxylation is 2. The number of amides is 1. The van der Waals surface area contributed by atoms with Crippen molar-refractivity contribution in [2.24, 2.45) is 0 Å². The summed E-state index contributed by atoms with van der Waals surface area (Å²) in [5.74, 6) is 1.06. The standard InChI is InChI=1S/C19H22N2OS/c1-4-21-10-11-23-17-9-8-15(12-16(17)21)19(22)20-18-13(2)6-5-7-14(18)3/h5-9,12H,4,10-11H2,1-3H3,(H,20,22). The van der Waals surface area contributed by atoms with Gasteiger partial charge in [-0.1, -0.05) is 18.2 Å². The van der Waals surface area contributed by atoms with E-state index in [9.17, 15) is 4.79 Å². The Morgan fingerprint density at radius 3 is 2.65 bits per heavy atom. The third kappa shape index (κ3) is 3.22. The predicted octanol–water partition coefficient (Wildman–Crippen LogP) is 4.49. The fraction of sp³-hybridized carbons (Fsp3) is 0.316. The molecule has 0 unspecified atom stereocenters. The van der Waals surface area contributed by atoms with E-state index in [-0.39, 0.29) is 5.91 Å². The van der Waals surface area contributed by atoms with Gasteiger partial charge in [-0.3, -0.25) is 4.79 Å². The van der Waals surface area contributed by atoms with Gasteiger partial charge in [-0.25, -0.2) is 0 Å². The number of carbonyl (C=O) groups excluding carboxylic acids is 1. The number of para-hydroxylation sites is 1. The highest BCUT2D eigenvalue weighted by Gasteiger charge is 2.18. The van der Waals surface area contributed by atoms with Crippen LogP contribution in [-0.4, -0.2) is 24.7 Å². The average Bonchev–Trinajstić information content (AvgIpc) is 2.57. The van der Waals surface area contributed by atoms with E-state index in [1.165, 1.54) is 10.6 Å². The van der Waals surface area contributed by atoms with Crippen molar-refractivity contribution in [3.63, 3.8) is 0 Å². The summed E-state index contributed by atoms with van der Waals surface area (Å²) in [5, 5.41) is 3.07. The first-order valence-electron chi connectivity index (χ1n) is 7.99. The zero-order chi connectivity index (χ0) is 16.4. The van der Waals surface area contributed by atoms with E-state index in [1.807, 2.05) is 55.9 Å². The number of hydrogen-bond donors (Lipinski definition) is 1. The number of anilines is 2. The number of fused-ring (bicyclic) bond motifs is 1. The van der Waals surface area contributed by atoms with Gasteiger partial charge in [0.2, 0.25) is 0 Å². The molecule has 0 radical (unpaired) electrons. The molecule has 2 aromatic rings. The van der Waals surface area contributed by atoms with Crippen molar-refractivity contribution in [1.29, 1.82) is 0 Å². The maximum atomic E-state index is 12.7. The number of hydrogen-bond acceptors (Lipinski definition) is 3. The van der Waals surface area contributed by atoms with Gasteiger partial charge in [0.1, 0.15) is 0 Å². The van der Waals surface area contributed by atoms with Gasteiger partial charge in [-0.05, 0) is 50.1 Å². The topological polar surface area (TPSA) is 32.3 Å². The third-order valence-electron chi connectivity index (χ3n) is 4.28. The SMILES string of the molecule is CCN1CCSc2ccc(C(=O)Nc3c(C)cccc3C)cc21. The normalized spacial score (nSPS) is 13.6. The van der Waals surface area contributed by atoms with Crippen molar-refractivity contribution >= 4 is 29.0 Å². The van der Waals surface area contributed by atoms with Crippen molar-refractivity contribution in [1.82, 2.24) is 0 Å². The molecule has 0 bridgehead atoms. The second kappa shape index (κ2) is 6.67. The summed E-state index contributed by atoms with van der Waals surface area (Å²) in [4.78, 5) is 16.3. The minimum atomic E-state index is -0.0446. The van der Waals surface area contributed by atoms with Gasteiger partial charge in [0.15, 0.2) is 0 Å². The van der Waals surface area contributed by atoms with Crippen LogP contribution in [0.1, 0.15) is 28.4 Å². The molecular formula is C19H22N2OS. The quantitative estimate of drug-likeness (QED) is 0.902. The van der Waals surface area contributed by atoms with E-state index >= 15 is 0 Å². The van der Waals surface area contributed by atoms with Crippen LogP contribution in [0.15, 0.2) is 41.3 Å². The Labute approximate surface area is 142 Å². The predicted molar refractivity (Wildman–Crippen MR) is 98.9 cm³/mol. The smallest absolute Gasteiger partial charge is 0.255 e. The van der Waals surface area contributed by atoms with Crippen LogP contribution >= 0.6 is 11.8 Å². The van der Waals surface area contributed by atoms with Crippen molar-refractivity contribution in [3.8, 4) is 0 Å². The molecule has 2 aromatic carbocycles. The lowest BCUT2D eigenvalue weighted by Gasteiger charge is -2.30. The maximum Gasteiger partial charge on any atom is 0.255 e. The summed E-state index contributed by atoms with van der Waals surface area (Å²) < 4.78 is 0. The molecule has 0 spiro atoms. The first kappa shape index (κ1) is 15.9. The summed E-state index contributed by atoms with van der Waals surface area (Å²) in [7, 11) is 0. The van der Waals surface area contributed by atoms with E-state index in [2.05, 4.69) is 23.2 Å². The van der Waals surface area contributed by atoms with Gasteiger partial charge in [-0.2, -0.15) is 0 Å². The molecule has 3 nitrogen and oxygen atoms in total. The number of rotatable bonds is 3. The highest BCUT2D eigenvalue weighted by atomic mass is 32.2. The second-order valence-electron chi connectivity index (χ2n) is 5.83. The van der Waals surface area contributed by atoms with E-state index in [0.29, 0.717) is 5.56 Å². The van der Waals surface area contributed by atoms with Gasteiger partial charge in [0.25, 0.3) is 5.91 Å². The Morgan fingerprint density at radius 1 is 1.22 bits per heavy atom. The number of benzene rings is 2. The minimum Gasteiger partial charge on any atom is -0.370 e. The first-order chi connectivity index (χ1) is 11.1. The van der Waals surface area contributed by atoms with Gasteiger partial charge in [0, 0.05) is 35.0 Å². The Kier molecular flexibility index (Phi) is 4.62. The molecule has 120 valence electrons. The van der Waals surface area contributed by atoms with E-state index in [4.69, 9.17) is 0 Å². The van der Waals surface area contributed by atoms with E-state index < -0.39 is 0 Å². The molecule has 0 aliphatic carbocycles. The molecule has 0 saturated carbocycles. The highest BCUT2D eigenvalue weighted by Crippen LogP contribution is 2.35. The maximum absolute atomic E-state index is 12.7. The van der Waals surface area contributed by atoms with Gasteiger partial charge in [0.05, 0.1) is 5.69 Å². The molecule has 1 N–H and O–H groups in total. The Hall–Kier alpha value is -1.94. The molecule has 0 atom stereocenters. The van der Waals surface area contributed by atoms with Crippen LogP contribution in [0.4, 0.5) is 11.4 Å². The van der Waals surface area contributed by atoms with Gasteiger partial charge < -0.3 is 10.2 Å². The van der Waals surface area contributed by atoms with Gasteiger partial charge in [-0.15, -0.1) is 11.8 Å². The Morgan fingerprint density at radius 2 is 1.96 bits per heavy atom. The largest absolute Gasteiger partial charge is 0.370 e. The minimum absolute atomic E-state index is 0.0446. The van der Waals surface area contributed by atoms with Crippen molar-refractivity contribution < 1.29 is 4.79 Å². The van der Waals surface area contributed by atoms with Gasteiger partial charge >= 0.3 is 0 Å². The fourth-order valence-electron chi connectivity index (χ4n) is 2.94. The van der Waals surface area contributed by atoms with E-state index in [1.54, 1.807) is 0 Å². The molecule has 23 heavy (non-hydrogen) atoms. The number of thioether (sulfide) groups is 1. The summed E-state index contributed by atoms with van der Waals surface area (Å²) in [6.45, 7) is 8.20. The van der Waals surface area contributed by atoms with Crippen LogP contribution in [0, 0.1) is 13.8 Å². The summed E-state index contributed by atoms with van der Waals surface area (Å²) in [6, 6.07) is 12.1. The molecule has 0 saturated heterocycles. The van der Waals surface area contributed by atoms with E-state index in [0.717, 1.165) is 35.7 Å².